The molecule has 4 rings (SSSR count). The molecule has 1 aliphatic rings. The van der Waals surface area contributed by atoms with E-state index >= 15 is 0 Å². The van der Waals surface area contributed by atoms with Crippen LogP contribution in [-0.2, 0) is 43.6 Å². The van der Waals surface area contributed by atoms with Crippen molar-refractivity contribution in [3.63, 3.8) is 0 Å². The van der Waals surface area contributed by atoms with Gasteiger partial charge in [-0.15, -0.1) is 0 Å². The van der Waals surface area contributed by atoms with Gasteiger partial charge in [-0.1, -0.05) is 91.0 Å². The summed E-state index contributed by atoms with van der Waals surface area (Å²) in [5, 5.41) is 2.65. The lowest BCUT2D eigenvalue weighted by Gasteiger charge is -2.45. The van der Waals surface area contributed by atoms with Gasteiger partial charge in [0, 0.05) is 6.54 Å². The lowest BCUT2D eigenvalue weighted by atomic mass is 9.91. The minimum absolute atomic E-state index is 0.147. The molecule has 7 heteroatoms. The number of likely N-dealkylation sites (tertiary alicyclic amines) is 1. The van der Waals surface area contributed by atoms with E-state index in [1.54, 1.807) is 0 Å². The lowest BCUT2D eigenvalue weighted by molar-refractivity contribution is -0.164. The highest BCUT2D eigenvalue weighted by atomic mass is 16.5. The second-order valence-corrected chi connectivity index (χ2v) is 8.38. The van der Waals surface area contributed by atoms with Crippen LogP contribution in [0.5, 0.6) is 0 Å². The van der Waals surface area contributed by atoms with Gasteiger partial charge in [-0.2, -0.15) is 0 Å². The predicted octanol–water partition coefficient (Wildman–Crippen LogP) is 3.23. The Labute approximate surface area is 204 Å². The van der Waals surface area contributed by atoms with E-state index in [0.29, 0.717) is 13.0 Å². The van der Waals surface area contributed by atoms with Gasteiger partial charge in [0.2, 0.25) is 5.91 Å². The number of ether oxygens (including phenoxy) is 2. The van der Waals surface area contributed by atoms with Gasteiger partial charge in [0.1, 0.15) is 25.8 Å². The minimum Gasteiger partial charge on any atom is -0.460 e. The van der Waals surface area contributed by atoms with Crippen LogP contribution < -0.4 is 5.32 Å². The number of benzene rings is 3. The third kappa shape index (κ3) is 6.77. The number of nitrogens with one attached hydrogen (secondary N) is 1. The Morgan fingerprint density at radius 3 is 1.80 bits per heavy atom. The van der Waals surface area contributed by atoms with Gasteiger partial charge in [0.25, 0.3) is 0 Å². The van der Waals surface area contributed by atoms with Crippen LogP contribution in [-0.4, -0.2) is 41.4 Å². The zero-order chi connectivity index (χ0) is 24.5. The molecule has 0 spiro atoms. The van der Waals surface area contributed by atoms with Crippen LogP contribution in [0.15, 0.2) is 91.0 Å². The smallest absolute Gasteiger partial charge is 0.325 e. The Morgan fingerprint density at radius 2 is 1.23 bits per heavy atom. The van der Waals surface area contributed by atoms with Gasteiger partial charge < -0.3 is 14.8 Å². The number of carbonyl (C=O) groups excluding carboxylic acids is 3. The predicted molar refractivity (Wildman–Crippen MR) is 130 cm³/mol. The highest BCUT2D eigenvalue weighted by molar-refractivity contribution is 5.89. The number of esters is 2. The third-order valence-electron chi connectivity index (χ3n) is 5.90. The molecule has 1 heterocycles. The van der Waals surface area contributed by atoms with Crippen LogP contribution in [0.3, 0.4) is 0 Å². The molecule has 180 valence electrons. The van der Waals surface area contributed by atoms with E-state index < -0.39 is 18.1 Å². The molecule has 2 unspecified atom stereocenters. The first kappa shape index (κ1) is 24.2. The molecule has 7 nitrogen and oxygen atoms in total. The quantitative estimate of drug-likeness (QED) is 0.456. The fourth-order valence-corrected chi connectivity index (χ4v) is 3.96. The van der Waals surface area contributed by atoms with Crippen molar-refractivity contribution in [2.75, 3.05) is 6.54 Å². The Balaban J connectivity index is 1.31. The normalized spacial score (nSPS) is 17.1. The van der Waals surface area contributed by atoms with E-state index in [-0.39, 0.29) is 31.6 Å². The van der Waals surface area contributed by atoms with Crippen molar-refractivity contribution in [1.82, 2.24) is 10.2 Å². The number of rotatable bonds is 10. The molecule has 3 aromatic rings. The van der Waals surface area contributed by atoms with Crippen LogP contribution in [0.1, 0.15) is 23.1 Å². The van der Waals surface area contributed by atoms with Crippen LogP contribution in [0, 0.1) is 0 Å². The van der Waals surface area contributed by atoms with E-state index in [1.807, 2.05) is 95.9 Å². The Bertz CT molecular complexity index is 1120. The summed E-state index contributed by atoms with van der Waals surface area (Å²) in [6, 6.07) is 27.4. The topological polar surface area (TPSA) is 84.9 Å². The Kier molecular flexibility index (Phi) is 8.25. The van der Waals surface area contributed by atoms with Crippen molar-refractivity contribution in [2.45, 2.75) is 38.3 Å². The van der Waals surface area contributed by atoms with E-state index in [9.17, 15) is 14.4 Å². The highest BCUT2D eigenvalue weighted by Gasteiger charge is 2.47. The number of nitrogens with zero attached hydrogens (tertiary/aromatic N) is 1. The molecule has 1 fully saturated rings. The van der Waals surface area contributed by atoms with E-state index in [4.69, 9.17) is 9.47 Å². The minimum atomic E-state index is -0.536. The van der Waals surface area contributed by atoms with Crippen molar-refractivity contribution < 1.29 is 23.9 Å². The number of hydrogen-bond acceptors (Lipinski definition) is 6. The number of amides is 1. The molecule has 1 N–H and O–H groups in total. The zero-order valence-corrected chi connectivity index (χ0v) is 19.3. The van der Waals surface area contributed by atoms with Crippen molar-refractivity contribution >= 4 is 17.8 Å². The number of hydrogen-bond donors (Lipinski definition) is 1. The van der Waals surface area contributed by atoms with Gasteiger partial charge in [0.15, 0.2) is 0 Å². The lowest BCUT2D eigenvalue weighted by Crippen LogP contribution is -2.64. The molecule has 1 aliphatic heterocycles. The number of carbonyl (C=O) groups is 3. The molecule has 0 saturated carbocycles. The zero-order valence-electron chi connectivity index (χ0n) is 19.3. The second-order valence-electron chi connectivity index (χ2n) is 8.38. The van der Waals surface area contributed by atoms with E-state index in [1.165, 1.54) is 0 Å². The summed E-state index contributed by atoms with van der Waals surface area (Å²) in [5.74, 6) is -1.20. The van der Waals surface area contributed by atoms with Gasteiger partial charge in [0.05, 0.1) is 6.04 Å². The maximum absolute atomic E-state index is 12.8. The summed E-state index contributed by atoms with van der Waals surface area (Å²) < 4.78 is 10.7. The molecule has 35 heavy (non-hydrogen) atoms. The summed E-state index contributed by atoms with van der Waals surface area (Å²) in [6.07, 6.45) is 0.325. The van der Waals surface area contributed by atoms with Gasteiger partial charge in [-0.3, -0.25) is 19.3 Å². The summed E-state index contributed by atoms with van der Waals surface area (Å²) in [7, 11) is 0. The fraction of sp³-hybridized carbons (Fsp3) is 0.250. The Morgan fingerprint density at radius 1 is 0.714 bits per heavy atom. The fourth-order valence-electron chi connectivity index (χ4n) is 3.96. The summed E-state index contributed by atoms with van der Waals surface area (Å²) >= 11 is 0. The SMILES string of the molecule is O=C(CNC(=O)C1CC(C(=O)OCc2ccccc2)N1Cc1ccccc1)OCc1ccccc1. The Hall–Kier alpha value is -3.97. The summed E-state index contributed by atoms with van der Waals surface area (Å²) in [5.41, 5.74) is 2.75. The average Bonchev–Trinajstić information content (AvgIpc) is 2.89. The first-order valence-corrected chi connectivity index (χ1v) is 11.6. The first-order valence-electron chi connectivity index (χ1n) is 11.6. The molecule has 0 bridgehead atoms. The molecular weight excluding hydrogens is 444 g/mol. The second kappa shape index (κ2) is 11.9. The average molecular weight is 473 g/mol. The van der Waals surface area contributed by atoms with Crippen LogP contribution in [0.4, 0.5) is 0 Å². The maximum atomic E-state index is 12.8. The standard InChI is InChI=1S/C28H28N2O5/c31-26(34-19-22-12-6-2-7-13-22)17-29-27(32)24-16-25(30(24)18-21-10-4-1-5-11-21)28(33)35-20-23-14-8-3-9-15-23/h1-15,24-25H,16-20H2,(H,29,32). The highest BCUT2D eigenvalue weighted by Crippen LogP contribution is 2.29. The largest absolute Gasteiger partial charge is 0.460 e. The molecular formula is C28H28N2O5. The molecule has 0 aromatic heterocycles. The van der Waals surface area contributed by atoms with Crippen molar-refractivity contribution in [3.8, 4) is 0 Å². The van der Waals surface area contributed by atoms with Crippen molar-refractivity contribution in [2.24, 2.45) is 0 Å². The summed E-state index contributed by atoms with van der Waals surface area (Å²) in [6.45, 7) is 0.515. The molecule has 0 radical (unpaired) electrons. The van der Waals surface area contributed by atoms with E-state index in [2.05, 4.69) is 5.32 Å². The molecule has 1 amide bonds. The molecule has 3 aromatic carbocycles. The van der Waals surface area contributed by atoms with Gasteiger partial charge in [-0.05, 0) is 23.1 Å². The van der Waals surface area contributed by atoms with Gasteiger partial charge >= 0.3 is 11.9 Å². The maximum Gasteiger partial charge on any atom is 0.325 e. The first-order chi connectivity index (χ1) is 17.1. The van der Waals surface area contributed by atoms with Crippen LogP contribution >= 0.6 is 0 Å². The molecule has 0 aliphatic carbocycles. The monoisotopic (exact) mass is 472 g/mol. The van der Waals surface area contributed by atoms with Crippen molar-refractivity contribution in [1.29, 1.82) is 0 Å². The van der Waals surface area contributed by atoms with Crippen molar-refractivity contribution in [3.05, 3.63) is 108 Å². The third-order valence-corrected chi connectivity index (χ3v) is 5.90. The molecule has 2 atom stereocenters. The summed E-state index contributed by atoms with van der Waals surface area (Å²) in [4.78, 5) is 39.5. The molecule has 1 saturated heterocycles. The van der Waals surface area contributed by atoms with E-state index in [0.717, 1.165) is 16.7 Å². The van der Waals surface area contributed by atoms with Crippen LogP contribution in [0.25, 0.3) is 0 Å². The van der Waals surface area contributed by atoms with Crippen LogP contribution in [0.2, 0.25) is 0 Å². The van der Waals surface area contributed by atoms with Gasteiger partial charge in [-0.25, -0.2) is 0 Å².